The molecule has 1 saturated carbocycles. The number of nitrogens with one attached hydrogen (secondary N) is 1. The van der Waals surface area contributed by atoms with E-state index >= 15 is 0 Å². The monoisotopic (exact) mass is 455 g/mol. The number of nitrogens with zero attached hydrogens (tertiary/aromatic N) is 1. The first kappa shape index (κ1) is 22.9. The zero-order valence-corrected chi connectivity index (χ0v) is 19.4. The van der Waals surface area contributed by atoms with E-state index in [1.807, 2.05) is 30.3 Å². The van der Waals surface area contributed by atoms with Crippen molar-refractivity contribution in [2.24, 2.45) is 5.92 Å². The smallest absolute Gasteiger partial charge is 0.255 e. The van der Waals surface area contributed by atoms with E-state index in [4.69, 9.17) is 22.1 Å². The molecule has 0 radical (unpaired) electrons. The second-order valence-electron chi connectivity index (χ2n) is 9.20. The van der Waals surface area contributed by atoms with Crippen molar-refractivity contribution in [3.8, 4) is 5.75 Å². The van der Waals surface area contributed by atoms with E-state index in [9.17, 15) is 4.79 Å². The van der Waals surface area contributed by atoms with Crippen molar-refractivity contribution in [1.29, 1.82) is 0 Å². The fourth-order valence-electron chi connectivity index (χ4n) is 4.86. The summed E-state index contributed by atoms with van der Waals surface area (Å²) in [6, 6.07) is 13.3. The lowest BCUT2D eigenvalue weighted by Gasteiger charge is -2.35. The maximum absolute atomic E-state index is 13.1. The normalized spacial score (nSPS) is 18.4. The van der Waals surface area contributed by atoms with Crippen LogP contribution in [-0.2, 0) is 6.61 Å². The first-order chi connectivity index (χ1) is 15.6. The van der Waals surface area contributed by atoms with Crippen LogP contribution in [0.3, 0.4) is 0 Å². The number of nitrogen functional groups attached to an aromatic ring is 1. The number of benzene rings is 2. The molecule has 4 rings (SSSR count). The van der Waals surface area contributed by atoms with Gasteiger partial charge in [0.1, 0.15) is 12.4 Å². The Morgan fingerprint density at radius 3 is 2.50 bits per heavy atom. The quantitative estimate of drug-likeness (QED) is 0.557. The van der Waals surface area contributed by atoms with E-state index in [0.29, 0.717) is 28.6 Å². The third-order valence-electron chi connectivity index (χ3n) is 6.74. The van der Waals surface area contributed by atoms with Gasteiger partial charge in [-0.3, -0.25) is 4.79 Å². The van der Waals surface area contributed by atoms with Crippen molar-refractivity contribution in [3.05, 3.63) is 58.6 Å². The lowest BCUT2D eigenvalue weighted by Crippen LogP contribution is -2.46. The summed E-state index contributed by atoms with van der Waals surface area (Å²) < 4.78 is 5.96. The number of nitrogens with two attached hydrogens (primary N) is 1. The Hall–Kier alpha value is -2.24. The number of ether oxygens (including phenoxy) is 1. The Kier molecular flexibility index (Phi) is 7.93. The summed E-state index contributed by atoms with van der Waals surface area (Å²) in [5.74, 6) is 1.17. The van der Waals surface area contributed by atoms with Crippen LogP contribution >= 0.6 is 11.6 Å². The second-order valence-corrected chi connectivity index (χ2v) is 9.60. The van der Waals surface area contributed by atoms with Crippen molar-refractivity contribution >= 4 is 23.2 Å². The number of hydrogen-bond donors (Lipinski definition) is 2. The number of amides is 1. The SMILES string of the molecule is Nc1cc(OCc2ccccc2)c(C(=O)NC2CCN(CC3CCCCC3)CC2)cc1Cl. The molecule has 1 amide bonds. The number of anilines is 1. The standard InChI is InChI=1S/C26H34ClN3O2/c27-23-15-22(25(16-24(23)28)32-18-20-9-5-2-6-10-20)26(31)29-21-11-13-30(14-12-21)17-19-7-3-1-4-8-19/h2,5-6,9-10,15-16,19,21H,1,3-4,7-8,11-14,17-18,28H2,(H,29,31). The first-order valence-corrected chi connectivity index (χ1v) is 12.3. The Balaban J connectivity index is 1.34. The Morgan fingerprint density at radius 2 is 1.78 bits per heavy atom. The fourth-order valence-corrected chi connectivity index (χ4v) is 5.02. The van der Waals surface area contributed by atoms with Crippen LogP contribution in [0.25, 0.3) is 0 Å². The van der Waals surface area contributed by atoms with Crippen molar-refractivity contribution in [1.82, 2.24) is 10.2 Å². The molecule has 172 valence electrons. The van der Waals surface area contributed by atoms with E-state index in [2.05, 4.69) is 10.2 Å². The highest BCUT2D eigenvalue weighted by atomic mass is 35.5. The highest BCUT2D eigenvalue weighted by molar-refractivity contribution is 6.33. The summed E-state index contributed by atoms with van der Waals surface area (Å²) >= 11 is 6.23. The van der Waals surface area contributed by atoms with Crippen molar-refractivity contribution in [3.63, 3.8) is 0 Å². The molecule has 1 aliphatic carbocycles. The van der Waals surface area contributed by atoms with Gasteiger partial charge in [0, 0.05) is 31.7 Å². The van der Waals surface area contributed by atoms with E-state index in [0.717, 1.165) is 37.4 Å². The van der Waals surface area contributed by atoms with E-state index in [1.54, 1.807) is 12.1 Å². The zero-order chi connectivity index (χ0) is 22.3. The minimum atomic E-state index is -0.152. The first-order valence-electron chi connectivity index (χ1n) is 11.9. The Labute approximate surface area is 196 Å². The fraction of sp³-hybridized carbons (Fsp3) is 0.500. The summed E-state index contributed by atoms with van der Waals surface area (Å²) in [4.78, 5) is 15.7. The zero-order valence-electron chi connectivity index (χ0n) is 18.7. The summed E-state index contributed by atoms with van der Waals surface area (Å²) in [6.45, 7) is 3.66. The van der Waals surface area contributed by atoms with Crippen LogP contribution in [0, 0.1) is 5.92 Å². The molecule has 2 fully saturated rings. The van der Waals surface area contributed by atoms with E-state index in [1.165, 1.54) is 38.6 Å². The average molecular weight is 456 g/mol. The molecule has 1 saturated heterocycles. The molecule has 1 aliphatic heterocycles. The summed E-state index contributed by atoms with van der Waals surface area (Å²) in [7, 11) is 0. The summed E-state index contributed by atoms with van der Waals surface area (Å²) in [5.41, 5.74) is 7.85. The number of rotatable bonds is 7. The molecule has 2 aromatic carbocycles. The molecule has 2 aliphatic rings. The van der Waals surface area contributed by atoms with Gasteiger partial charge in [0.05, 0.1) is 16.3 Å². The Morgan fingerprint density at radius 1 is 1.06 bits per heavy atom. The number of likely N-dealkylation sites (tertiary alicyclic amines) is 1. The molecule has 3 N–H and O–H groups in total. The van der Waals surface area contributed by atoms with Crippen LogP contribution in [0.4, 0.5) is 5.69 Å². The van der Waals surface area contributed by atoms with Crippen molar-refractivity contribution < 1.29 is 9.53 Å². The van der Waals surface area contributed by atoms with Gasteiger partial charge in [-0.15, -0.1) is 0 Å². The maximum atomic E-state index is 13.1. The minimum absolute atomic E-state index is 0.152. The van der Waals surface area contributed by atoms with Crippen LogP contribution in [-0.4, -0.2) is 36.5 Å². The lowest BCUT2D eigenvalue weighted by molar-refractivity contribution is 0.0897. The summed E-state index contributed by atoms with van der Waals surface area (Å²) in [6.07, 6.45) is 8.87. The molecular formula is C26H34ClN3O2. The maximum Gasteiger partial charge on any atom is 0.255 e. The van der Waals surface area contributed by atoms with Gasteiger partial charge in [-0.05, 0) is 43.2 Å². The summed E-state index contributed by atoms with van der Waals surface area (Å²) in [5, 5.41) is 3.56. The van der Waals surface area contributed by atoms with E-state index < -0.39 is 0 Å². The van der Waals surface area contributed by atoms with Gasteiger partial charge in [0.15, 0.2) is 0 Å². The number of carbonyl (C=O) groups excluding carboxylic acids is 1. The average Bonchev–Trinajstić information content (AvgIpc) is 2.82. The minimum Gasteiger partial charge on any atom is -0.488 e. The van der Waals surface area contributed by atoms with Gasteiger partial charge < -0.3 is 20.7 Å². The molecule has 0 aromatic heterocycles. The van der Waals surface area contributed by atoms with Crippen LogP contribution in [0.2, 0.25) is 5.02 Å². The van der Waals surface area contributed by atoms with Crippen LogP contribution < -0.4 is 15.8 Å². The number of halogens is 1. The van der Waals surface area contributed by atoms with Crippen LogP contribution in [0.15, 0.2) is 42.5 Å². The third-order valence-corrected chi connectivity index (χ3v) is 7.07. The lowest BCUT2D eigenvalue weighted by atomic mass is 9.88. The van der Waals surface area contributed by atoms with Gasteiger partial charge in [0.25, 0.3) is 5.91 Å². The molecular weight excluding hydrogens is 422 g/mol. The van der Waals surface area contributed by atoms with Gasteiger partial charge in [-0.2, -0.15) is 0 Å². The predicted octanol–water partition coefficient (Wildman–Crippen LogP) is 5.28. The molecule has 0 spiro atoms. The van der Waals surface area contributed by atoms with Gasteiger partial charge >= 0.3 is 0 Å². The molecule has 2 aromatic rings. The predicted molar refractivity (Wildman–Crippen MR) is 130 cm³/mol. The Bertz CT molecular complexity index is 891. The largest absolute Gasteiger partial charge is 0.488 e. The van der Waals surface area contributed by atoms with Crippen molar-refractivity contribution in [2.45, 2.75) is 57.6 Å². The number of carbonyl (C=O) groups is 1. The molecule has 5 nitrogen and oxygen atoms in total. The van der Waals surface area contributed by atoms with Crippen molar-refractivity contribution in [2.75, 3.05) is 25.4 Å². The molecule has 0 bridgehead atoms. The van der Waals surface area contributed by atoms with Gasteiger partial charge in [0.2, 0.25) is 0 Å². The highest BCUT2D eigenvalue weighted by Crippen LogP contribution is 2.30. The second kappa shape index (κ2) is 11.1. The van der Waals surface area contributed by atoms with Crippen LogP contribution in [0.1, 0.15) is 60.9 Å². The van der Waals surface area contributed by atoms with Gasteiger partial charge in [-0.25, -0.2) is 0 Å². The topological polar surface area (TPSA) is 67.6 Å². The van der Waals surface area contributed by atoms with E-state index in [-0.39, 0.29) is 11.9 Å². The van der Waals surface area contributed by atoms with Gasteiger partial charge in [-0.1, -0.05) is 61.2 Å². The molecule has 0 atom stereocenters. The highest BCUT2D eigenvalue weighted by Gasteiger charge is 2.25. The third kappa shape index (κ3) is 6.17. The number of hydrogen-bond acceptors (Lipinski definition) is 4. The number of piperidine rings is 1. The molecule has 32 heavy (non-hydrogen) atoms. The molecule has 6 heteroatoms. The molecule has 1 heterocycles. The van der Waals surface area contributed by atoms with Crippen LogP contribution in [0.5, 0.6) is 5.75 Å². The molecule has 0 unspecified atom stereocenters.